The molecule has 0 spiro atoms. The highest BCUT2D eigenvalue weighted by Gasteiger charge is 2.12. The Morgan fingerprint density at radius 3 is 2.62 bits per heavy atom. The summed E-state index contributed by atoms with van der Waals surface area (Å²) in [5, 5.41) is 1.15. The maximum Gasteiger partial charge on any atom is 0.0959 e. The largest absolute Gasteiger partial charge is 0.250 e. The molecule has 72 valence electrons. The Morgan fingerprint density at radius 2 is 2.08 bits per heavy atom. The van der Waals surface area contributed by atoms with Crippen LogP contribution in [0.2, 0.25) is 25.7 Å². The van der Waals surface area contributed by atoms with Gasteiger partial charge in [-0.15, -0.1) is 11.8 Å². The molecule has 0 N–H and O–H groups in total. The Labute approximate surface area is 86.0 Å². The number of hydrogen-bond acceptors (Lipinski definition) is 2. The van der Waals surface area contributed by atoms with Crippen molar-refractivity contribution in [2.75, 3.05) is 5.75 Å². The lowest BCUT2D eigenvalue weighted by molar-refractivity contribution is 1.13. The lowest BCUT2D eigenvalue weighted by Crippen LogP contribution is -2.19. The molecule has 1 rings (SSSR count). The van der Waals surface area contributed by atoms with Crippen LogP contribution in [0, 0.1) is 0 Å². The average molecular weight is 211 g/mol. The molecule has 1 nitrogen and oxygen atoms in total. The normalized spacial score (nSPS) is 11.6. The minimum absolute atomic E-state index is 0.860. The van der Waals surface area contributed by atoms with E-state index in [2.05, 4.69) is 30.7 Å². The van der Waals surface area contributed by atoms with Gasteiger partial charge in [-0.2, -0.15) is 0 Å². The van der Waals surface area contributed by atoms with Gasteiger partial charge in [0.05, 0.1) is 5.03 Å². The van der Waals surface area contributed by atoms with Gasteiger partial charge < -0.3 is 0 Å². The number of pyridine rings is 1. The van der Waals surface area contributed by atoms with E-state index in [1.165, 1.54) is 11.8 Å². The molecule has 0 aliphatic heterocycles. The molecule has 0 aliphatic rings. The van der Waals surface area contributed by atoms with Crippen molar-refractivity contribution in [3.8, 4) is 0 Å². The van der Waals surface area contributed by atoms with Crippen molar-refractivity contribution in [1.82, 2.24) is 4.98 Å². The van der Waals surface area contributed by atoms with Gasteiger partial charge in [-0.1, -0.05) is 25.7 Å². The lowest BCUT2D eigenvalue weighted by atomic mass is 10.5. The van der Waals surface area contributed by atoms with Crippen LogP contribution < -0.4 is 0 Å². The number of thioether (sulfide) groups is 1. The number of aromatic nitrogens is 1. The summed E-state index contributed by atoms with van der Waals surface area (Å²) in [6.45, 7) is 7.23. The van der Waals surface area contributed by atoms with Crippen LogP contribution in [0.25, 0.3) is 0 Å². The van der Waals surface area contributed by atoms with Crippen molar-refractivity contribution < 1.29 is 0 Å². The van der Waals surface area contributed by atoms with Crippen LogP contribution in [0.15, 0.2) is 29.4 Å². The molecule has 0 aliphatic carbocycles. The second-order valence-electron chi connectivity index (χ2n) is 4.33. The second kappa shape index (κ2) is 4.82. The summed E-state index contributed by atoms with van der Waals surface area (Å²) in [4.78, 5) is 4.28. The SMILES string of the molecule is C[Si](C)(C)CCSc1ccccn1. The van der Waals surface area contributed by atoms with Crippen LogP contribution >= 0.6 is 11.8 Å². The quantitative estimate of drug-likeness (QED) is 0.558. The highest BCUT2D eigenvalue weighted by molar-refractivity contribution is 7.99. The van der Waals surface area contributed by atoms with Gasteiger partial charge >= 0.3 is 0 Å². The van der Waals surface area contributed by atoms with Gasteiger partial charge in [0.25, 0.3) is 0 Å². The first kappa shape index (κ1) is 10.8. The number of hydrogen-bond donors (Lipinski definition) is 0. The van der Waals surface area contributed by atoms with Crippen molar-refractivity contribution in [1.29, 1.82) is 0 Å². The topological polar surface area (TPSA) is 12.9 Å². The molecule has 0 fully saturated rings. The fourth-order valence-electron chi connectivity index (χ4n) is 0.894. The zero-order valence-electron chi connectivity index (χ0n) is 8.58. The molecule has 0 atom stereocenters. The van der Waals surface area contributed by atoms with E-state index in [1.807, 2.05) is 30.1 Å². The monoisotopic (exact) mass is 211 g/mol. The Balaban J connectivity index is 2.29. The van der Waals surface area contributed by atoms with Crippen LogP contribution in [0.1, 0.15) is 0 Å². The highest BCUT2D eigenvalue weighted by Crippen LogP contribution is 2.19. The Bertz CT molecular complexity index is 243. The van der Waals surface area contributed by atoms with Crippen LogP contribution in [0.4, 0.5) is 0 Å². The molecular weight excluding hydrogens is 194 g/mol. The summed E-state index contributed by atoms with van der Waals surface area (Å²) in [6.07, 6.45) is 1.86. The zero-order chi connectivity index (χ0) is 9.73. The van der Waals surface area contributed by atoms with Crippen molar-refractivity contribution in [3.05, 3.63) is 24.4 Å². The minimum atomic E-state index is -0.860. The molecule has 0 aromatic carbocycles. The van der Waals surface area contributed by atoms with E-state index in [0.717, 1.165) is 5.03 Å². The molecule has 3 heteroatoms. The van der Waals surface area contributed by atoms with E-state index in [0.29, 0.717) is 0 Å². The predicted octanol–water partition coefficient (Wildman–Crippen LogP) is 3.51. The molecule has 0 amide bonds. The van der Waals surface area contributed by atoms with Gasteiger partial charge in [-0.05, 0) is 23.9 Å². The maximum atomic E-state index is 4.28. The van der Waals surface area contributed by atoms with Gasteiger partial charge in [0.1, 0.15) is 0 Å². The van der Waals surface area contributed by atoms with Crippen LogP contribution in [0.3, 0.4) is 0 Å². The van der Waals surface area contributed by atoms with Crippen molar-refractivity contribution in [3.63, 3.8) is 0 Å². The van der Waals surface area contributed by atoms with Gasteiger partial charge in [0.2, 0.25) is 0 Å². The maximum absolute atomic E-state index is 4.28. The lowest BCUT2D eigenvalue weighted by Gasteiger charge is -2.14. The Hall–Kier alpha value is -0.283. The van der Waals surface area contributed by atoms with E-state index >= 15 is 0 Å². The van der Waals surface area contributed by atoms with E-state index < -0.39 is 8.07 Å². The van der Waals surface area contributed by atoms with Crippen molar-refractivity contribution >= 4 is 19.8 Å². The second-order valence-corrected chi connectivity index (χ2v) is 11.1. The van der Waals surface area contributed by atoms with Crippen LogP contribution in [-0.4, -0.2) is 18.8 Å². The molecule has 1 aromatic heterocycles. The third kappa shape index (κ3) is 5.11. The average Bonchev–Trinajstić information content (AvgIpc) is 2.04. The van der Waals surface area contributed by atoms with E-state index in [-0.39, 0.29) is 0 Å². The van der Waals surface area contributed by atoms with E-state index in [4.69, 9.17) is 0 Å². The van der Waals surface area contributed by atoms with Crippen LogP contribution in [0.5, 0.6) is 0 Å². The minimum Gasteiger partial charge on any atom is -0.250 e. The third-order valence-electron chi connectivity index (χ3n) is 1.74. The summed E-state index contributed by atoms with van der Waals surface area (Å²) in [5.41, 5.74) is 0. The third-order valence-corrected chi connectivity index (χ3v) is 4.80. The van der Waals surface area contributed by atoms with Crippen molar-refractivity contribution in [2.45, 2.75) is 30.7 Å². The summed E-state index contributed by atoms with van der Waals surface area (Å²) < 4.78 is 0. The van der Waals surface area contributed by atoms with Gasteiger partial charge in [0.15, 0.2) is 0 Å². The summed E-state index contributed by atoms with van der Waals surface area (Å²) in [6, 6.07) is 7.45. The fraction of sp³-hybridized carbons (Fsp3) is 0.500. The smallest absolute Gasteiger partial charge is 0.0959 e. The van der Waals surface area contributed by atoms with Crippen molar-refractivity contribution in [2.24, 2.45) is 0 Å². The first-order valence-electron chi connectivity index (χ1n) is 4.62. The van der Waals surface area contributed by atoms with Gasteiger partial charge in [-0.3, -0.25) is 0 Å². The molecular formula is C10H17NSSi. The molecule has 1 aromatic rings. The molecule has 0 unspecified atom stereocenters. The number of rotatable bonds is 4. The Kier molecular flexibility index (Phi) is 4.00. The zero-order valence-corrected chi connectivity index (χ0v) is 10.4. The molecule has 0 bridgehead atoms. The van der Waals surface area contributed by atoms with Gasteiger partial charge in [-0.25, -0.2) is 4.98 Å². The summed E-state index contributed by atoms with van der Waals surface area (Å²) in [7, 11) is -0.860. The molecule has 0 radical (unpaired) electrons. The van der Waals surface area contributed by atoms with Gasteiger partial charge in [0, 0.05) is 14.3 Å². The Morgan fingerprint density at radius 1 is 1.31 bits per heavy atom. The number of nitrogens with zero attached hydrogens (tertiary/aromatic N) is 1. The first-order chi connectivity index (χ1) is 6.08. The van der Waals surface area contributed by atoms with E-state index in [9.17, 15) is 0 Å². The molecule has 0 saturated heterocycles. The van der Waals surface area contributed by atoms with Crippen LogP contribution in [-0.2, 0) is 0 Å². The predicted molar refractivity (Wildman–Crippen MR) is 63.1 cm³/mol. The summed E-state index contributed by atoms with van der Waals surface area (Å²) >= 11 is 1.87. The molecule has 0 saturated carbocycles. The highest BCUT2D eigenvalue weighted by atomic mass is 32.2. The molecule has 1 heterocycles. The fourth-order valence-corrected chi connectivity index (χ4v) is 4.27. The molecule has 13 heavy (non-hydrogen) atoms. The van der Waals surface area contributed by atoms with E-state index in [1.54, 1.807) is 0 Å². The summed E-state index contributed by atoms with van der Waals surface area (Å²) in [5.74, 6) is 1.22. The first-order valence-corrected chi connectivity index (χ1v) is 9.31. The standard InChI is InChI=1S/C10H17NSSi/c1-13(2,3)9-8-12-10-6-4-5-7-11-10/h4-7H,8-9H2,1-3H3.